The lowest BCUT2D eigenvalue weighted by atomic mass is 10.1. The van der Waals surface area contributed by atoms with Crippen LogP contribution in [0, 0.1) is 0 Å². The van der Waals surface area contributed by atoms with E-state index in [1.54, 1.807) is 11.3 Å². The van der Waals surface area contributed by atoms with E-state index >= 15 is 0 Å². The van der Waals surface area contributed by atoms with E-state index in [2.05, 4.69) is 31.6 Å². The summed E-state index contributed by atoms with van der Waals surface area (Å²) in [5, 5.41) is 9.30. The number of amides is 2. The van der Waals surface area contributed by atoms with Crippen molar-refractivity contribution in [3.8, 4) is 0 Å². The molecule has 1 aliphatic carbocycles. The molecular weight excluding hydrogens is 320 g/mol. The molecule has 1 fully saturated rings. The van der Waals surface area contributed by atoms with Crippen LogP contribution in [0.5, 0.6) is 0 Å². The molecule has 0 bridgehead atoms. The highest BCUT2D eigenvalue weighted by atomic mass is 32.1. The molecular formula is C18H26N4OS. The standard InChI is InChI=1S/C18H26N4OS/c1-12(6-9-15-5-4-10-22(15)3)19-18(23)20-13(2)16-11-24-17(21-16)14-7-8-14/h4-5,10-14H,6-9H2,1-3H3,(H2,19,20,23)/t12-,13-/m1/s1. The first-order valence-corrected chi connectivity index (χ1v) is 9.53. The molecule has 0 spiro atoms. The maximum Gasteiger partial charge on any atom is 0.315 e. The number of thiazole rings is 1. The minimum absolute atomic E-state index is 0.0613. The number of carbonyl (C=O) groups is 1. The fourth-order valence-electron chi connectivity index (χ4n) is 2.75. The van der Waals surface area contributed by atoms with Gasteiger partial charge in [-0.2, -0.15) is 0 Å². The maximum atomic E-state index is 12.2. The van der Waals surface area contributed by atoms with Crippen molar-refractivity contribution in [2.45, 2.75) is 57.5 Å². The van der Waals surface area contributed by atoms with Crippen LogP contribution >= 0.6 is 11.3 Å². The van der Waals surface area contributed by atoms with Gasteiger partial charge in [0.2, 0.25) is 0 Å². The molecule has 0 radical (unpaired) electrons. The van der Waals surface area contributed by atoms with E-state index in [1.165, 1.54) is 23.5 Å². The van der Waals surface area contributed by atoms with Gasteiger partial charge in [-0.15, -0.1) is 11.3 Å². The normalized spacial score (nSPS) is 16.6. The summed E-state index contributed by atoms with van der Waals surface area (Å²) in [5.41, 5.74) is 2.25. The van der Waals surface area contributed by atoms with Crippen LogP contribution < -0.4 is 10.6 Å². The van der Waals surface area contributed by atoms with Crippen LogP contribution in [0.4, 0.5) is 4.79 Å². The summed E-state index contributed by atoms with van der Waals surface area (Å²) in [5.74, 6) is 0.669. The number of nitrogens with zero attached hydrogens (tertiary/aromatic N) is 2. The van der Waals surface area contributed by atoms with E-state index in [1.807, 2.05) is 33.2 Å². The van der Waals surface area contributed by atoms with Crippen molar-refractivity contribution < 1.29 is 4.79 Å². The Labute approximate surface area is 147 Å². The highest BCUT2D eigenvalue weighted by molar-refractivity contribution is 7.09. The molecule has 0 unspecified atom stereocenters. The molecule has 3 rings (SSSR count). The monoisotopic (exact) mass is 346 g/mol. The third-order valence-electron chi connectivity index (χ3n) is 4.52. The average Bonchev–Trinajstić information content (AvgIpc) is 3.11. The van der Waals surface area contributed by atoms with Crippen LogP contribution in [0.25, 0.3) is 0 Å². The molecule has 0 aliphatic heterocycles. The molecule has 0 saturated heterocycles. The number of aromatic nitrogens is 2. The average molecular weight is 347 g/mol. The Balaban J connectivity index is 1.42. The summed E-state index contributed by atoms with van der Waals surface area (Å²) in [6.45, 7) is 4.03. The third-order valence-corrected chi connectivity index (χ3v) is 5.55. The fourth-order valence-corrected chi connectivity index (χ4v) is 3.83. The molecule has 5 nitrogen and oxygen atoms in total. The lowest BCUT2D eigenvalue weighted by molar-refractivity contribution is 0.234. The Morgan fingerprint density at radius 3 is 2.88 bits per heavy atom. The van der Waals surface area contributed by atoms with Gasteiger partial charge in [0.15, 0.2) is 0 Å². The van der Waals surface area contributed by atoms with Crippen molar-refractivity contribution >= 4 is 17.4 Å². The first-order chi connectivity index (χ1) is 11.5. The smallest absolute Gasteiger partial charge is 0.315 e. The molecule has 6 heteroatoms. The Kier molecular flexibility index (Phi) is 5.23. The van der Waals surface area contributed by atoms with E-state index in [0.29, 0.717) is 5.92 Å². The van der Waals surface area contributed by atoms with Gasteiger partial charge >= 0.3 is 6.03 Å². The lowest BCUT2D eigenvalue weighted by Gasteiger charge is -2.17. The Bertz CT molecular complexity index is 689. The van der Waals surface area contributed by atoms with Gasteiger partial charge in [-0.25, -0.2) is 9.78 Å². The van der Waals surface area contributed by atoms with Gasteiger partial charge in [0, 0.05) is 36.3 Å². The highest BCUT2D eigenvalue weighted by Crippen LogP contribution is 2.41. The molecule has 2 heterocycles. The van der Waals surface area contributed by atoms with Crippen LogP contribution in [0.3, 0.4) is 0 Å². The summed E-state index contributed by atoms with van der Waals surface area (Å²) in [7, 11) is 2.05. The largest absolute Gasteiger partial charge is 0.354 e. The first kappa shape index (κ1) is 17.0. The maximum absolute atomic E-state index is 12.2. The molecule has 1 saturated carbocycles. The van der Waals surface area contributed by atoms with Crippen molar-refractivity contribution in [3.63, 3.8) is 0 Å². The summed E-state index contributed by atoms with van der Waals surface area (Å²) >= 11 is 1.71. The second kappa shape index (κ2) is 7.38. The van der Waals surface area contributed by atoms with E-state index in [9.17, 15) is 4.79 Å². The highest BCUT2D eigenvalue weighted by Gasteiger charge is 2.27. The molecule has 1 aliphatic rings. The SMILES string of the molecule is C[C@H](CCc1cccn1C)NC(=O)N[C@H](C)c1csc(C2CC2)n1. The fraction of sp³-hybridized carbons (Fsp3) is 0.556. The van der Waals surface area contributed by atoms with Gasteiger partial charge in [0.25, 0.3) is 0 Å². The molecule has 2 atom stereocenters. The predicted molar refractivity (Wildman–Crippen MR) is 97.4 cm³/mol. The number of carbonyl (C=O) groups excluding carboxylic acids is 1. The van der Waals surface area contributed by atoms with Gasteiger partial charge in [-0.05, 0) is 51.7 Å². The van der Waals surface area contributed by atoms with E-state index in [0.717, 1.165) is 18.5 Å². The second-order valence-corrected chi connectivity index (χ2v) is 7.66. The van der Waals surface area contributed by atoms with Gasteiger partial charge in [0.05, 0.1) is 16.7 Å². The summed E-state index contributed by atoms with van der Waals surface area (Å²) < 4.78 is 2.12. The second-order valence-electron chi connectivity index (χ2n) is 6.77. The predicted octanol–water partition coefficient (Wildman–Crippen LogP) is 3.74. The minimum atomic E-state index is -0.122. The topological polar surface area (TPSA) is 59.0 Å². The van der Waals surface area contributed by atoms with Gasteiger partial charge in [-0.1, -0.05) is 0 Å². The van der Waals surface area contributed by atoms with Crippen molar-refractivity contribution in [1.82, 2.24) is 20.2 Å². The van der Waals surface area contributed by atoms with Crippen LogP contribution in [0.2, 0.25) is 0 Å². The summed E-state index contributed by atoms with van der Waals surface area (Å²) in [6, 6.07) is 4.11. The van der Waals surface area contributed by atoms with Gasteiger partial charge < -0.3 is 15.2 Å². The third kappa shape index (κ3) is 4.38. The van der Waals surface area contributed by atoms with E-state index in [4.69, 9.17) is 0 Å². The molecule has 2 aromatic heterocycles. The van der Waals surface area contributed by atoms with Crippen molar-refractivity contribution in [3.05, 3.63) is 40.1 Å². The zero-order chi connectivity index (χ0) is 17.1. The Morgan fingerprint density at radius 1 is 1.42 bits per heavy atom. The molecule has 2 amide bonds. The molecule has 0 aromatic carbocycles. The Morgan fingerprint density at radius 2 is 2.21 bits per heavy atom. The molecule has 2 N–H and O–H groups in total. The van der Waals surface area contributed by atoms with Gasteiger partial charge in [-0.3, -0.25) is 0 Å². The van der Waals surface area contributed by atoms with E-state index in [-0.39, 0.29) is 18.1 Å². The Hall–Kier alpha value is -1.82. The first-order valence-electron chi connectivity index (χ1n) is 8.65. The number of hydrogen-bond acceptors (Lipinski definition) is 3. The van der Waals surface area contributed by atoms with Crippen molar-refractivity contribution in [2.75, 3.05) is 0 Å². The quantitative estimate of drug-likeness (QED) is 0.802. The van der Waals surface area contributed by atoms with Crippen LogP contribution in [-0.2, 0) is 13.5 Å². The zero-order valence-corrected chi connectivity index (χ0v) is 15.4. The minimum Gasteiger partial charge on any atom is -0.354 e. The van der Waals surface area contributed by atoms with Crippen LogP contribution in [-0.4, -0.2) is 21.6 Å². The molecule has 24 heavy (non-hydrogen) atoms. The summed E-state index contributed by atoms with van der Waals surface area (Å²) in [6.07, 6.45) is 6.44. The zero-order valence-electron chi connectivity index (χ0n) is 14.6. The van der Waals surface area contributed by atoms with Crippen molar-refractivity contribution in [1.29, 1.82) is 0 Å². The van der Waals surface area contributed by atoms with E-state index < -0.39 is 0 Å². The number of nitrogens with one attached hydrogen (secondary N) is 2. The van der Waals surface area contributed by atoms with Crippen molar-refractivity contribution in [2.24, 2.45) is 7.05 Å². The van der Waals surface area contributed by atoms with Gasteiger partial charge in [0.1, 0.15) is 0 Å². The van der Waals surface area contributed by atoms with Crippen LogP contribution in [0.1, 0.15) is 61.5 Å². The lowest BCUT2D eigenvalue weighted by Crippen LogP contribution is -2.42. The summed E-state index contributed by atoms with van der Waals surface area (Å²) in [4.78, 5) is 16.8. The van der Waals surface area contributed by atoms with Crippen LogP contribution in [0.15, 0.2) is 23.7 Å². The number of hydrogen-bond donors (Lipinski definition) is 2. The number of aryl methyl sites for hydroxylation is 2. The molecule has 2 aromatic rings. The number of rotatable bonds is 7. The molecule has 130 valence electrons. The number of urea groups is 1.